The molecule has 0 radical (unpaired) electrons. The summed E-state index contributed by atoms with van der Waals surface area (Å²) in [4.78, 5) is 28.6. The number of carbonyl (C=O) groups excluding carboxylic acids is 2. The van der Waals surface area contributed by atoms with E-state index in [4.69, 9.17) is 5.73 Å². The van der Waals surface area contributed by atoms with E-state index in [0.29, 0.717) is 16.7 Å². The predicted molar refractivity (Wildman–Crippen MR) is 89.3 cm³/mol. The summed E-state index contributed by atoms with van der Waals surface area (Å²) in [6.07, 6.45) is 2.20. The first kappa shape index (κ1) is 17.2. The van der Waals surface area contributed by atoms with Gasteiger partial charge < -0.3 is 15.5 Å². The number of hydrogen-bond donors (Lipinski definition) is 1. The van der Waals surface area contributed by atoms with E-state index in [9.17, 15) is 9.59 Å². The number of nitrogens with two attached hydrogens (primary N) is 1. The van der Waals surface area contributed by atoms with Crippen LogP contribution in [0.25, 0.3) is 0 Å². The number of likely N-dealkylation sites (N-methyl/N-ethyl adjacent to an activating group) is 1. The molecule has 2 aliphatic rings. The number of fused-ring (bicyclic) bond motifs is 1. The molecule has 1 saturated carbocycles. The van der Waals surface area contributed by atoms with Crippen LogP contribution in [-0.2, 0) is 4.79 Å². The third-order valence-corrected chi connectivity index (χ3v) is 5.57. The normalized spacial score (nSPS) is 26.5. The lowest BCUT2D eigenvalue weighted by Gasteiger charge is -2.22. The first-order chi connectivity index (χ1) is 10.1. The summed E-state index contributed by atoms with van der Waals surface area (Å²) in [7, 11) is 1.68. The Labute approximate surface area is 140 Å². The zero-order valence-electron chi connectivity index (χ0n) is 12.6. The molecular weight excluding hydrogens is 322 g/mol. The van der Waals surface area contributed by atoms with Gasteiger partial charge in [-0.25, -0.2) is 0 Å². The van der Waals surface area contributed by atoms with E-state index in [2.05, 4.69) is 0 Å². The van der Waals surface area contributed by atoms with E-state index < -0.39 is 0 Å². The van der Waals surface area contributed by atoms with Crippen LogP contribution >= 0.6 is 23.7 Å². The Morgan fingerprint density at radius 2 is 2.18 bits per heavy atom. The van der Waals surface area contributed by atoms with Crippen molar-refractivity contribution in [1.82, 2.24) is 9.80 Å². The van der Waals surface area contributed by atoms with Crippen LogP contribution in [0.15, 0.2) is 17.5 Å². The fourth-order valence-electron chi connectivity index (χ4n) is 3.47. The van der Waals surface area contributed by atoms with Crippen LogP contribution in [0.1, 0.15) is 22.5 Å². The predicted octanol–water partition coefficient (Wildman–Crippen LogP) is 1.44. The molecule has 1 aliphatic carbocycles. The smallest absolute Gasteiger partial charge is 0.264 e. The first-order valence-electron chi connectivity index (χ1n) is 7.38. The summed E-state index contributed by atoms with van der Waals surface area (Å²) in [6.45, 7) is 1.70. The average Bonchev–Trinajstić information content (AvgIpc) is 3.16. The molecule has 0 bridgehead atoms. The molecule has 2 N–H and O–H groups in total. The fourth-order valence-corrected chi connectivity index (χ4v) is 4.19. The van der Waals surface area contributed by atoms with Crippen molar-refractivity contribution in [3.05, 3.63) is 22.4 Å². The average molecular weight is 344 g/mol. The highest BCUT2D eigenvalue weighted by Crippen LogP contribution is 2.37. The van der Waals surface area contributed by atoms with Gasteiger partial charge in [-0.2, -0.15) is 0 Å². The molecule has 3 rings (SSSR count). The Balaban J connectivity index is 0.00000176. The highest BCUT2D eigenvalue weighted by Gasteiger charge is 2.42. The summed E-state index contributed by atoms with van der Waals surface area (Å²) >= 11 is 1.40. The molecule has 122 valence electrons. The molecule has 2 fully saturated rings. The number of amides is 2. The lowest BCUT2D eigenvalue weighted by atomic mass is 9.98. The van der Waals surface area contributed by atoms with Crippen LogP contribution in [-0.4, -0.2) is 54.3 Å². The molecule has 22 heavy (non-hydrogen) atoms. The fraction of sp³-hybridized carbons (Fsp3) is 0.600. The van der Waals surface area contributed by atoms with Gasteiger partial charge in [-0.15, -0.1) is 23.7 Å². The number of halogens is 1. The van der Waals surface area contributed by atoms with Gasteiger partial charge in [0.2, 0.25) is 5.91 Å². The van der Waals surface area contributed by atoms with Gasteiger partial charge >= 0.3 is 0 Å². The van der Waals surface area contributed by atoms with Crippen LogP contribution in [0, 0.1) is 11.8 Å². The van der Waals surface area contributed by atoms with Crippen molar-refractivity contribution in [1.29, 1.82) is 0 Å². The molecule has 0 spiro atoms. The summed E-state index contributed by atoms with van der Waals surface area (Å²) < 4.78 is 0. The minimum absolute atomic E-state index is 0. The van der Waals surface area contributed by atoms with E-state index in [0.717, 1.165) is 25.9 Å². The second-order valence-electron chi connectivity index (χ2n) is 6.10. The molecule has 2 heterocycles. The van der Waals surface area contributed by atoms with Gasteiger partial charge in [-0.05, 0) is 36.1 Å². The molecule has 1 aromatic rings. The van der Waals surface area contributed by atoms with Crippen molar-refractivity contribution in [2.24, 2.45) is 17.6 Å². The third-order valence-electron chi connectivity index (χ3n) is 4.72. The number of likely N-dealkylation sites (tertiary alicyclic amines) is 1. The van der Waals surface area contributed by atoms with Gasteiger partial charge in [0.05, 0.1) is 11.4 Å². The van der Waals surface area contributed by atoms with E-state index in [1.165, 1.54) is 16.2 Å². The van der Waals surface area contributed by atoms with Crippen LogP contribution in [0.3, 0.4) is 0 Å². The molecule has 1 aromatic heterocycles. The molecular formula is C15H22ClN3O2S. The first-order valence-corrected chi connectivity index (χ1v) is 8.26. The van der Waals surface area contributed by atoms with Gasteiger partial charge in [-0.3, -0.25) is 9.59 Å². The maximum atomic E-state index is 12.4. The van der Waals surface area contributed by atoms with Crippen LogP contribution in [0.2, 0.25) is 0 Å². The Morgan fingerprint density at radius 1 is 1.41 bits per heavy atom. The molecule has 3 atom stereocenters. The largest absolute Gasteiger partial charge is 0.341 e. The molecule has 7 heteroatoms. The molecule has 2 amide bonds. The molecule has 0 aromatic carbocycles. The van der Waals surface area contributed by atoms with E-state index in [1.807, 2.05) is 16.3 Å². The van der Waals surface area contributed by atoms with Gasteiger partial charge in [0.25, 0.3) is 5.91 Å². The van der Waals surface area contributed by atoms with Crippen LogP contribution in [0.5, 0.6) is 0 Å². The Bertz CT molecular complexity index is 537. The van der Waals surface area contributed by atoms with E-state index in [1.54, 1.807) is 13.1 Å². The summed E-state index contributed by atoms with van der Waals surface area (Å²) in [5.74, 6) is 0.952. The van der Waals surface area contributed by atoms with Crippen molar-refractivity contribution in [2.75, 3.05) is 26.7 Å². The van der Waals surface area contributed by atoms with E-state index >= 15 is 0 Å². The minimum atomic E-state index is -0.0885. The maximum Gasteiger partial charge on any atom is 0.264 e. The maximum absolute atomic E-state index is 12.4. The second-order valence-corrected chi connectivity index (χ2v) is 7.05. The molecule has 1 aliphatic heterocycles. The van der Waals surface area contributed by atoms with Gasteiger partial charge in [-0.1, -0.05) is 6.07 Å². The summed E-state index contributed by atoms with van der Waals surface area (Å²) in [5, 5.41) is 1.87. The molecule has 1 saturated heterocycles. The number of carbonyl (C=O) groups is 2. The third kappa shape index (κ3) is 3.29. The Hall–Kier alpha value is -1.11. The number of thiophene rings is 1. The van der Waals surface area contributed by atoms with Crippen molar-refractivity contribution >= 4 is 35.6 Å². The topological polar surface area (TPSA) is 66.6 Å². The number of nitrogens with zero attached hydrogens (tertiary/aromatic N) is 2. The van der Waals surface area contributed by atoms with Crippen molar-refractivity contribution < 1.29 is 9.59 Å². The zero-order valence-corrected chi connectivity index (χ0v) is 14.2. The summed E-state index contributed by atoms with van der Waals surface area (Å²) in [6, 6.07) is 3.86. The lowest BCUT2D eigenvalue weighted by molar-refractivity contribution is -0.130. The SMILES string of the molecule is CN(CC(=O)N1CC2CCC(N)C2C1)C(=O)c1cccs1.Cl. The summed E-state index contributed by atoms with van der Waals surface area (Å²) in [5.41, 5.74) is 6.09. The van der Waals surface area contributed by atoms with Gasteiger partial charge in [0.15, 0.2) is 0 Å². The molecule has 5 nitrogen and oxygen atoms in total. The number of rotatable bonds is 3. The quantitative estimate of drug-likeness (QED) is 0.903. The highest BCUT2D eigenvalue weighted by atomic mass is 35.5. The standard InChI is InChI=1S/C15H21N3O2S.ClH/c1-17(15(20)13-3-2-6-21-13)9-14(19)18-7-10-4-5-12(16)11(10)8-18;/h2-3,6,10-12H,4-5,7-9,16H2,1H3;1H. The second kappa shape index (κ2) is 6.98. The lowest BCUT2D eigenvalue weighted by Crippen LogP contribution is -2.41. The van der Waals surface area contributed by atoms with Crippen molar-refractivity contribution in [3.8, 4) is 0 Å². The van der Waals surface area contributed by atoms with Crippen molar-refractivity contribution in [2.45, 2.75) is 18.9 Å². The monoisotopic (exact) mass is 343 g/mol. The minimum Gasteiger partial charge on any atom is -0.341 e. The van der Waals surface area contributed by atoms with Crippen LogP contribution in [0.4, 0.5) is 0 Å². The Morgan fingerprint density at radius 3 is 2.82 bits per heavy atom. The van der Waals surface area contributed by atoms with Crippen LogP contribution < -0.4 is 5.73 Å². The highest BCUT2D eigenvalue weighted by molar-refractivity contribution is 7.12. The van der Waals surface area contributed by atoms with Gasteiger partial charge in [0, 0.05) is 26.2 Å². The van der Waals surface area contributed by atoms with Crippen molar-refractivity contribution in [3.63, 3.8) is 0 Å². The van der Waals surface area contributed by atoms with E-state index in [-0.39, 0.29) is 36.8 Å². The Kier molecular flexibility index (Phi) is 5.47. The number of hydrogen-bond acceptors (Lipinski definition) is 4. The molecule has 3 unspecified atom stereocenters. The zero-order chi connectivity index (χ0) is 15.0. The van der Waals surface area contributed by atoms with Gasteiger partial charge in [0.1, 0.15) is 0 Å².